The number of hydrogen-bond acceptors (Lipinski definition) is 4. The Morgan fingerprint density at radius 1 is 1.44 bits per heavy atom. The van der Waals surface area contributed by atoms with Crippen molar-refractivity contribution in [3.05, 3.63) is 30.1 Å². The van der Waals surface area contributed by atoms with E-state index in [2.05, 4.69) is 4.98 Å². The zero-order valence-electron chi connectivity index (χ0n) is 10.1. The van der Waals surface area contributed by atoms with E-state index in [0.29, 0.717) is 5.69 Å². The van der Waals surface area contributed by atoms with Crippen LogP contribution in [0.2, 0.25) is 0 Å². The van der Waals surface area contributed by atoms with Crippen molar-refractivity contribution in [3.63, 3.8) is 0 Å². The van der Waals surface area contributed by atoms with Crippen LogP contribution in [-0.4, -0.2) is 41.6 Å². The van der Waals surface area contributed by atoms with Crippen LogP contribution in [0.4, 0.5) is 0 Å². The van der Waals surface area contributed by atoms with Crippen LogP contribution in [0.3, 0.4) is 0 Å². The van der Waals surface area contributed by atoms with E-state index in [9.17, 15) is 13.2 Å². The molecule has 7 heteroatoms. The molecular weight excluding hydrogens is 256 g/mol. The zero-order chi connectivity index (χ0) is 13.6. The van der Waals surface area contributed by atoms with E-state index in [1.165, 1.54) is 11.4 Å². The van der Waals surface area contributed by atoms with Gasteiger partial charge >= 0.3 is 5.97 Å². The van der Waals surface area contributed by atoms with Crippen LogP contribution >= 0.6 is 0 Å². The molecule has 0 saturated heterocycles. The number of aromatic nitrogens is 1. The van der Waals surface area contributed by atoms with Gasteiger partial charge in [-0.3, -0.25) is 9.78 Å². The van der Waals surface area contributed by atoms with Crippen LogP contribution in [-0.2, 0) is 21.4 Å². The fourth-order valence-electron chi connectivity index (χ4n) is 1.38. The van der Waals surface area contributed by atoms with Gasteiger partial charge in [0.05, 0.1) is 18.0 Å². The third-order valence-corrected chi connectivity index (χ3v) is 4.26. The fourth-order valence-corrected chi connectivity index (χ4v) is 2.53. The first-order valence-electron chi connectivity index (χ1n) is 5.47. The second-order valence-electron chi connectivity index (χ2n) is 3.89. The van der Waals surface area contributed by atoms with Gasteiger partial charge < -0.3 is 5.11 Å². The molecule has 1 aromatic heterocycles. The van der Waals surface area contributed by atoms with Crippen LogP contribution < -0.4 is 0 Å². The van der Waals surface area contributed by atoms with Crippen molar-refractivity contribution in [1.82, 2.24) is 9.29 Å². The lowest BCUT2D eigenvalue weighted by Crippen LogP contribution is -2.29. The molecule has 1 N–H and O–H groups in total. The van der Waals surface area contributed by atoms with Crippen molar-refractivity contribution < 1.29 is 18.3 Å². The van der Waals surface area contributed by atoms with Gasteiger partial charge in [0, 0.05) is 19.7 Å². The number of hydrogen-bond donors (Lipinski definition) is 1. The smallest absolute Gasteiger partial charge is 0.303 e. The van der Waals surface area contributed by atoms with Crippen molar-refractivity contribution in [3.8, 4) is 0 Å². The second kappa shape index (κ2) is 6.46. The lowest BCUT2D eigenvalue weighted by molar-refractivity contribution is -0.137. The van der Waals surface area contributed by atoms with Crippen molar-refractivity contribution >= 4 is 16.0 Å². The molecule has 18 heavy (non-hydrogen) atoms. The Hall–Kier alpha value is -1.47. The maximum Gasteiger partial charge on any atom is 0.303 e. The molecule has 0 saturated carbocycles. The van der Waals surface area contributed by atoms with E-state index in [-0.39, 0.29) is 25.1 Å². The topological polar surface area (TPSA) is 87.6 Å². The highest BCUT2D eigenvalue weighted by atomic mass is 32.2. The highest BCUT2D eigenvalue weighted by Crippen LogP contribution is 2.07. The summed E-state index contributed by atoms with van der Waals surface area (Å²) in [7, 11) is -1.96. The van der Waals surface area contributed by atoms with Crippen LogP contribution in [0.5, 0.6) is 0 Å². The first-order valence-corrected chi connectivity index (χ1v) is 7.08. The van der Waals surface area contributed by atoms with E-state index < -0.39 is 16.0 Å². The van der Waals surface area contributed by atoms with E-state index in [4.69, 9.17) is 5.11 Å². The summed E-state index contributed by atoms with van der Waals surface area (Å²) in [5, 5.41) is 8.47. The Morgan fingerprint density at radius 2 is 2.17 bits per heavy atom. The molecule has 0 bridgehead atoms. The lowest BCUT2D eigenvalue weighted by atomic mass is 10.3. The summed E-state index contributed by atoms with van der Waals surface area (Å²) in [5.74, 6) is -1.15. The summed E-state index contributed by atoms with van der Waals surface area (Å²) in [6.45, 7) is 0.191. The molecule has 0 radical (unpaired) electrons. The monoisotopic (exact) mass is 272 g/mol. The number of aliphatic carboxylic acids is 1. The molecule has 100 valence electrons. The van der Waals surface area contributed by atoms with Gasteiger partial charge in [-0.25, -0.2) is 8.42 Å². The van der Waals surface area contributed by atoms with Gasteiger partial charge in [0.25, 0.3) is 0 Å². The third-order valence-electron chi connectivity index (χ3n) is 2.38. The molecule has 0 aliphatic carbocycles. The molecule has 0 atom stereocenters. The summed E-state index contributed by atoms with van der Waals surface area (Å²) < 4.78 is 24.8. The van der Waals surface area contributed by atoms with Crippen molar-refractivity contribution in [1.29, 1.82) is 0 Å². The Balaban J connectivity index is 2.54. The highest BCUT2D eigenvalue weighted by Gasteiger charge is 2.18. The number of carbonyl (C=O) groups is 1. The van der Waals surface area contributed by atoms with Gasteiger partial charge in [-0.2, -0.15) is 4.31 Å². The maximum atomic E-state index is 11.8. The van der Waals surface area contributed by atoms with Gasteiger partial charge in [-0.1, -0.05) is 6.07 Å². The predicted octanol–water partition coefficient (Wildman–Crippen LogP) is 0.708. The number of rotatable bonds is 7. The average molecular weight is 272 g/mol. The van der Waals surface area contributed by atoms with E-state index >= 15 is 0 Å². The Kier molecular flexibility index (Phi) is 5.24. The number of sulfonamides is 1. The summed E-state index contributed by atoms with van der Waals surface area (Å²) in [6, 6.07) is 5.28. The molecule has 6 nitrogen and oxygen atoms in total. The molecular formula is C11H16N2O4S. The number of nitrogens with zero attached hydrogens (tertiary/aromatic N) is 2. The molecule has 1 rings (SSSR count). The zero-order valence-corrected chi connectivity index (χ0v) is 10.9. The number of pyridine rings is 1. The summed E-state index contributed by atoms with van der Waals surface area (Å²) >= 11 is 0. The molecule has 0 fully saturated rings. The Labute approximate surface area is 106 Å². The first-order chi connectivity index (χ1) is 8.42. The predicted molar refractivity (Wildman–Crippen MR) is 66.4 cm³/mol. The Bertz CT molecular complexity index is 487. The normalized spacial score (nSPS) is 11.7. The largest absolute Gasteiger partial charge is 0.481 e. The van der Waals surface area contributed by atoms with Gasteiger partial charge in [0.15, 0.2) is 0 Å². The van der Waals surface area contributed by atoms with Crippen molar-refractivity contribution in [2.75, 3.05) is 12.8 Å². The van der Waals surface area contributed by atoms with Crippen molar-refractivity contribution in [2.24, 2.45) is 0 Å². The summed E-state index contributed by atoms with van der Waals surface area (Å²) in [4.78, 5) is 14.4. The first kappa shape index (κ1) is 14.6. The van der Waals surface area contributed by atoms with Gasteiger partial charge in [0.2, 0.25) is 10.0 Å². The maximum absolute atomic E-state index is 11.8. The lowest BCUT2D eigenvalue weighted by Gasteiger charge is -2.16. The van der Waals surface area contributed by atoms with Crippen LogP contribution in [0.25, 0.3) is 0 Å². The highest BCUT2D eigenvalue weighted by molar-refractivity contribution is 7.89. The van der Waals surface area contributed by atoms with E-state index in [1.807, 2.05) is 0 Å². The fraction of sp³-hybridized carbons (Fsp3) is 0.455. The summed E-state index contributed by atoms with van der Waals surface area (Å²) in [6.07, 6.45) is 1.57. The van der Waals surface area contributed by atoms with Crippen molar-refractivity contribution in [2.45, 2.75) is 19.4 Å². The van der Waals surface area contributed by atoms with Gasteiger partial charge in [-0.05, 0) is 18.6 Å². The number of carboxylic acid groups (broad SMARTS) is 1. The summed E-state index contributed by atoms with van der Waals surface area (Å²) in [5.41, 5.74) is 0.654. The number of carboxylic acids is 1. The van der Waals surface area contributed by atoms with Crippen LogP contribution in [0.1, 0.15) is 18.5 Å². The molecule has 0 spiro atoms. The van der Waals surface area contributed by atoms with Gasteiger partial charge in [-0.15, -0.1) is 0 Å². The van der Waals surface area contributed by atoms with Crippen LogP contribution in [0, 0.1) is 0 Å². The standard InChI is InChI=1S/C11H16N2O4S/c1-13(9-10-5-2-3-7-12-10)18(16,17)8-4-6-11(14)15/h2-3,5,7H,4,6,8-9H2,1H3,(H,14,15). The molecule has 0 aliphatic rings. The second-order valence-corrected chi connectivity index (χ2v) is 6.09. The SMILES string of the molecule is CN(Cc1ccccn1)S(=O)(=O)CCCC(=O)O. The Morgan fingerprint density at radius 3 is 2.72 bits per heavy atom. The third kappa shape index (κ3) is 4.80. The minimum Gasteiger partial charge on any atom is -0.481 e. The quantitative estimate of drug-likeness (QED) is 0.789. The molecule has 1 aromatic rings. The van der Waals surface area contributed by atoms with Crippen LogP contribution in [0.15, 0.2) is 24.4 Å². The van der Waals surface area contributed by atoms with Gasteiger partial charge in [0.1, 0.15) is 0 Å². The molecule has 1 heterocycles. The molecule has 0 aliphatic heterocycles. The molecule has 0 aromatic carbocycles. The van der Waals surface area contributed by atoms with E-state index in [0.717, 1.165) is 0 Å². The average Bonchev–Trinajstić information content (AvgIpc) is 2.29. The molecule has 0 unspecified atom stereocenters. The molecule has 0 amide bonds. The van der Waals surface area contributed by atoms with E-state index in [1.54, 1.807) is 24.4 Å². The minimum atomic E-state index is -3.42. The minimum absolute atomic E-state index is 0.115.